The van der Waals surface area contributed by atoms with Crippen molar-refractivity contribution in [2.75, 3.05) is 18.5 Å². The average molecular weight is 467 g/mol. The zero-order chi connectivity index (χ0) is 23.3. The summed E-state index contributed by atoms with van der Waals surface area (Å²) < 4.78 is 23.0. The molecule has 0 radical (unpaired) electrons. The van der Waals surface area contributed by atoms with Crippen molar-refractivity contribution < 1.29 is 28.5 Å². The largest absolute Gasteiger partial charge is 0.457 e. The van der Waals surface area contributed by atoms with Gasteiger partial charge in [0.25, 0.3) is 0 Å². The molecule has 2 N–H and O–H groups in total. The minimum atomic E-state index is -0.579. The topological polar surface area (TPSA) is 95.1 Å². The first-order chi connectivity index (χ1) is 16.7. The van der Waals surface area contributed by atoms with Gasteiger partial charge in [0.15, 0.2) is 6.10 Å². The third-order valence-electron chi connectivity index (χ3n) is 6.65. The number of fused-ring (bicyclic) bond motifs is 1. The van der Waals surface area contributed by atoms with Crippen molar-refractivity contribution in [3.63, 3.8) is 0 Å². The number of anilines is 1. The zero-order valence-corrected chi connectivity index (χ0v) is 19.0. The van der Waals surface area contributed by atoms with Crippen LogP contribution in [0, 0.1) is 5.92 Å². The summed E-state index contributed by atoms with van der Waals surface area (Å²) >= 11 is 0. The van der Waals surface area contributed by atoms with Gasteiger partial charge in [-0.15, -0.1) is 0 Å². The summed E-state index contributed by atoms with van der Waals surface area (Å²) in [5.74, 6) is 1.57. The number of hydrogen-bond acceptors (Lipinski definition) is 6. The maximum Gasteiger partial charge on any atom is 0.412 e. The van der Waals surface area contributed by atoms with E-state index in [1.807, 2.05) is 30.3 Å². The highest BCUT2D eigenvalue weighted by Crippen LogP contribution is 2.31. The highest BCUT2D eigenvalue weighted by atomic mass is 16.6. The Hall–Kier alpha value is -3.10. The molecule has 3 aliphatic rings. The molecule has 180 valence electrons. The van der Waals surface area contributed by atoms with Crippen LogP contribution in [-0.2, 0) is 19.0 Å². The summed E-state index contributed by atoms with van der Waals surface area (Å²) in [6.45, 7) is 0.598. The minimum absolute atomic E-state index is 0.0801. The SMILES string of the molecule is O=C(Nc1ccc(Oc2ccccc2)cc1)O[C@@H]1CO[C@H]2[C@@H]1OC[C@@H]2NC(=O)C1CCCCC1. The van der Waals surface area contributed by atoms with Crippen molar-refractivity contribution in [2.24, 2.45) is 5.92 Å². The Morgan fingerprint density at radius 2 is 1.53 bits per heavy atom. The van der Waals surface area contributed by atoms with Crippen molar-refractivity contribution in [3.05, 3.63) is 54.6 Å². The molecule has 2 aromatic carbocycles. The lowest BCUT2D eigenvalue weighted by atomic mass is 9.88. The predicted octanol–water partition coefficient (Wildman–Crippen LogP) is 4.26. The fourth-order valence-electron chi connectivity index (χ4n) is 4.87. The van der Waals surface area contributed by atoms with E-state index in [1.54, 1.807) is 24.3 Å². The third kappa shape index (κ3) is 5.34. The van der Waals surface area contributed by atoms with Gasteiger partial charge < -0.3 is 24.3 Å². The Balaban J connectivity index is 1.09. The normalized spacial score (nSPS) is 26.5. The lowest BCUT2D eigenvalue weighted by Crippen LogP contribution is -2.46. The van der Waals surface area contributed by atoms with Crippen LogP contribution in [0.5, 0.6) is 11.5 Å². The van der Waals surface area contributed by atoms with Crippen LogP contribution >= 0.6 is 0 Å². The summed E-state index contributed by atoms with van der Waals surface area (Å²) in [4.78, 5) is 25.1. The molecule has 2 heterocycles. The second kappa shape index (κ2) is 10.4. The Morgan fingerprint density at radius 1 is 0.824 bits per heavy atom. The van der Waals surface area contributed by atoms with E-state index in [0.29, 0.717) is 18.0 Å². The molecule has 0 aromatic heterocycles. The van der Waals surface area contributed by atoms with Gasteiger partial charge in [-0.1, -0.05) is 37.5 Å². The van der Waals surface area contributed by atoms with Crippen LogP contribution in [0.15, 0.2) is 54.6 Å². The van der Waals surface area contributed by atoms with Crippen LogP contribution in [0.3, 0.4) is 0 Å². The van der Waals surface area contributed by atoms with Crippen LogP contribution in [0.1, 0.15) is 32.1 Å². The molecule has 34 heavy (non-hydrogen) atoms. The first kappa shape index (κ1) is 22.7. The Morgan fingerprint density at radius 3 is 2.29 bits per heavy atom. The van der Waals surface area contributed by atoms with Gasteiger partial charge in [0.1, 0.15) is 23.7 Å². The fraction of sp³-hybridized carbons (Fsp3) is 0.462. The molecule has 2 aromatic rings. The molecule has 2 aliphatic heterocycles. The van der Waals surface area contributed by atoms with Crippen LogP contribution in [0.4, 0.5) is 10.5 Å². The average Bonchev–Trinajstić information content (AvgIpc) is 3.45. The standard InChI is InChI=1S/C26H30N2O6/c29-25(17-7-3-1-4-8-17)28-21-15-31-24-22(16-32-23(21)24)34-26(30)27-18-11-13-20(14-12-18)33-19-9-5-2-6-10-19/h2,5-6,9-14,17,21-24H,1,3-4,7-8,15-16H2,(H,27,30)(H,28,29)/t21-,22+,23+,24+/m0/s1. The smallest absolute Gasteiger partial charge is 0.412 e. The summed E-state index contributed by atoms with van der Waals surface area (Å²) in [6, 6.07) is 16.3. The van der Waals surface area contributed by atoms with E-state index in [2.05, 4.69) is 10.6 Å². The summed E-state index contributed by atoms with van der Waals surface area (Å²) in [7, 11) is 0. The second-order valence-corrected chi connectivity index (χ2v) is 9.05. The number of rotatable bonds is 6. The summed E-state index contributed by atoms with van der Waals surface area (Å²) in [5.41, 5.74) is 0.589. The summed E-state index contributed by atoms with van der Waals surface area (Å²) in [6.07, 6.45) is 3.51. The first-order valence-corrected chi connectivity index (χ1v) is 12.0. The van der Waals surface area contributed by atoms with E-state index in [0.717, 1.165) is 31.4 Å². The van der Waals surface area contributed by atoms with Gasteiger partial charge in [0.05, 0.1) is 19.3 Å². The monoisotopic (exact) mass is 466 g/mol. The van der Waals surface area contributed by atoms with E-state index in [4.69, 9.17) is 18.9 Å². The van der Waals surface area contributed by atoms with Gasteiger partial charge in [-0.3, -0.25) is 10.1 Å². The third-order valence-corrected chi connectivity index (χ3v) is 6.65. The lowest BCUT2D eigenvalue weighted by molar-refractivity contribution is -0.127. The molecule has 1 saturated carbocycles. The number of carbonyl (C=O) groups is 2. The quantitative estimate of drug-likeness (QED) is 0.661. The molecule has 1 aliphatic carbocycles. The van der Waals surface area contributed by atoms with Crippen LogP contribution < -0.4 is 15.4 Å². The van der Waals surface area contributed by atoms with Gasteiger partial charge in [-0.05, 0) is 49.2 Å². The molecule has 0 bridgehead atoms. The highest BCUT2D eigenvalue weighted by Gasteiger charge is 2.50. The van der Waals surface area contributed by atoms with Gasteiger partial charge in [0.2, 0.25) is 5.91 Å². The Bertz CT molecular complexity index is 977. The highest BCUT2D eigenvalue weighted by molar-refractivity contribution is 5.84. The van der Waals surface area contributed by atoms with E-state index in [1.165, 1.54) is 6.42 Å². The minimum Gasteiger partial charge on any atom is -0.457 e. The molecular formula is C26H30N2O6. The van der Waals surface area contributed by atoms with E-state index in [-0.39, 0.29) is 36.7 Å². The van der Waals surface area contributed by atoms with E-state index < -0.39 is 12.2 Å². The zero-order valence-electron chi connectivity index (χ0n) is 19.0. The Labute approximate surface area is 198 Å². The van der Waals surface area contributed by atoms with Crippen molar-refractivity contribution in [1.82, 2.24) is 5.32 Å². The Kier molecular flexibility index (Phi) is 6.97. The van der Waals surface area contributed by atoms with E-state index in [9.17, 15) is 9.59 Å². The molecule has 8 heteroatoms. The molecule has 2 saturated heterocycles. The van der Waals surface area contributed by atoms with Crippen molar-refractivity contribution in [1.29, 1.82) is 0 Å². The molecule has 2 amide bonds. The first-order valence-electron chi connectivity index (χ1n) is 12.0. The van der Waals surface area contributed by atoms with Crippen LogP contribution in [-0.4, -0.2) is 49.6 Å². The van der Waals surface area contributed by atoms with Crippen LogP contribution in [0.2, 0.25) is 0 Å². The van der Waals surface area contributed by atoms with Crippen LogP contribution in [0.25, 0.3) is 0 Å². The van der Waals surface area contributed by atoms with Gasteiger partial charge in [-0.2, -0.15) is 0 Å². The maximum atomic E-state index is 12.6. The molecule has 3 fully saturated rings. The molecule has 5 rings (SSSR count). The molecule has 8 nitrogen and oxygen atoms in total. The van der Waals surface area contributed by atoms with E-state index >= 15 is 0 Å². The number of hydrogen-bond donors (Lipinski definition) is 2. The molecular weight excluding hydrogens is 436 g/mol. The fourth-order valence-corrected chi connectivity index (χ4v) is 4.87. The number of amides is 2. The number of carbonyl (C=O) groups excluding carboxylic acids is 2. The number of nitrogens with one attached hydrogen (secondary N) is 2. The molecule has 4 atom stereocenters. The number of ether oxygens (including phenoxy) is 4. The lowest BCUT2D eigenvalue weighted by Gasteiger charge is -2.24. The van der Waals surface area contributed by atoms with Gasteiger partial charge in [0, 0.05) is 11.6 Å². The van der Waals surface area contributed by atoms with Crippen molar-refractivity contribution in [3.8, 4) is 11.5 Å². The molecule has 0 unspecified atom stereocenters. The second-order valence-electron chi connectivity index (χ2n) is 9.05. The van der Waals surface area contributed by atoms with Crippen molar-refractivity contribution in [2.45, 2.75) is 56.5 Å². The number of benzene rings is 2. The van der Waals surface area contributed by atoms with Gasteiger partial charge in [-0.25, -0.2) is 4.79 Å². The number of para-hydroxylation sites is 1. The summed E-state index contributed by atoms with van der Waals surface area (Å²) in [5, 5.41) is 5.83. The van der Waals surface area contributed by atoms with Gasteiger partial charge >= 0.3 is 6.09 Å². The van der Waals surface area contributed by atoms with Crippen molar-refractivity contribution >= 4 is 17.7 Å². The molecule has 0 spiro atoms. The predicted molar refractivity (Wildman–Crippen MR) is 125 cm³/mol. The maximum absolute atomic E-state index is 12.6.